The van der Waals surface area contributed by atoms with Gasteiger partial charge in [0.1, 0.15) is 5.82 Å². The van der Waals surface area contributed by atoms with E-state index in [4.69, 9.17) is 0 Å². The average Bonchev–Trinajstić information content (AvgIpc) is 2.36. The Kier molecular flexibility index (Phi) is 3.32. The van der Waals surface area contributed by atoms with Gasteiger partial charge >= 0.3 is 5.69 Å². The molecule has 18 heavy (non-hydrogen) atoms. The molecule has 0 radical (unpaired) electrons. The lowest BCUT2D eigenvalue weighted by atomic mass is 10.2. The van der Waals surface area contributed by atoms with Crippen LogP contribution in [0.3, 0.4) is 0 Å². The summed E-state index contributed by atoms with van der Waals surface area (Å²) in [6.45, 7) is 0.629. The number of aromatic amines is 1. The zero-order valence-corrected chi connectivity index (χ0v) is 10.4. The Balaban J connectivity index is 2.27. The van der Waals surface area contributed by atoms with E-state index in [1.54, 1.807) is 0 Å². The van der Waals surface area contributed by atoms with Gasteiger partial charge in [-0.25, -0.2) is 4.79 Å². The van der Waals surface area contributed by atoms with Crippen LogP contribution in [0, 0.1) is 0 Å². The lowest BCUT2D eigenvalue weighted by molar-refractivity contribution is 0.760. The van der Waals surface area contributed by atoms with Crippen LogP contribution in [-0.2, 0) is 13.6 Å². The summed E-state index contributed by atoms with van der Waals surface area (Å²) in [5.41, 5.74) is 0.396. The van der Waals surface area contributed by atoms with Gasteiger partial charge in [0.25, 0.3) is 5.56 Å². The van der Waals surface area contributed by atoms with Gasteiger partial charge in [-0.3, -0.25) is 14.3 Å². The zero-order chi connectivity index (χ0) is 13.1. The largest absolute Gasteiger partial charge is 0.357 e. The van der Waals surface area contributed by atoms with Gasteiger partial charge in [-0.15, -0.1) is 0 Å². The van der Waals surface area contributed by atoms with Crippen LogP contribution < -0.4 is 16.1 Å². The first-order valence-corrected chi connectivity index (χ1v) is 5.63. The van der Waals surface area contributed by atoms with Gasteiger partial charge in [-0.1, -0.05) is 30.3 Å². The number of nitrogens with one attached hydrogen (secondary N) is 1. The molecule has 0 saturated carbocycles. The van der Waals surface area contributed by atoms with Crippen LogP contribution in [-0.4, -0.2) is 16.6 Å². The maximum absolute atomic E-state index is 11.5. The van der Waals surface area contributed by atoms with Crippen molar-refractivity contribution in [2.45, 2.75) is 6.54 Å². The smallest absolute Gasteiger partial charge is 0.329 e. The molecule has 5 heteroatoms. The molecule has 94 valence electrons. The quantitative estimate of drug-likeness (QED) is 0.866. The van der Waals surface area contributed by atoms with E-state index in [9.17, 15) is 9.59 Å². The third-order valence-electron chi connectivity index (χ3n) is 2.80. The predicted octanol–water partition coefficient (Wildman–Crippen LogP) is 0.710. The highest BCUT2D eigenvalue weighted by Gasteiger charge is 2.06. The Bertz CT molecular complexity index is 612. The van der Waals surface area contributed by atoms with E-state index in [1.807, 2.05) is 42.3 Å². The number of aromatic nitrogens is 2. The topological polar surface area (TPSA) is 58.1 Å². The van der Waals surface area contributed by atoms with E-state index < -0.39 is 5.69 Å². The molecule has 1 heterocycles. The molecule has 5 nitrogen and oxygen atoms in total. The molecular weight excluding hydrogens is 230 g/mol. The van der Waals surface area contributed by atoms with Crippen LogP contribution >= 0.6 is 0 Å². The SMILES string of the molecule is CN(Cc1ccccc1)c1cc(=O)n(C)c(=O)[nH]1. The minimum absolute atomic E-state index is 0.311. The molecular formula is C13H15N3O2. The molecule has 0 bridgehead atoms. The summed E-state index contributed by atoms with van der Waals surface area (Å²) in [6, 6.07) is 11.3. The Morgan fingerprint density at radius 3 is 2.50 bits per heavy atom. The van der Waals surface area contributed by atoms with Crippen molar-refractivity contribution in [2.24, 2.45) is 7.05 Å². The molecule has 0 amide bonds. The van der Waals surface area contributed by atoms with Crippen LogP contribution in [0.1, 0.15) is 5.56 Å². The van der Waals surface area contributed by atoms with Gasteiger partial charge in [0.05, 0.1) is 0 Å². The van der Waals surface area contributed by atoms with E-state index in [0.717, 1.165) is 10.1 Å². The van der Waals surface area contributed by atoms with Crippen molar-refractivity contribution in [2.75, 3.05) is 11.9 Å². The lowest BCUT2D eigenvalue weighted by Crippen LogP contribution is -2.34. The maximum atomic E-state index is 11.5. The van der Waals surface area contributed by atoms with Crippen LogP contribution in [0.15, 0.2) is 46.0 Å². The first-order chi connectivity index (χ1) is 8.58. The maximum Gasteiger partial charge on any atom is 0.329 e. The Morgan fingerprint density at radius 1 is 1.22 bits per heavy atom. The highest BCUT2D eigenvalue weighted by atomic mass is 16.2. The molecule has 0 unspecified atom stereocenters. The van der Waals surface area contributed by atoms with E-state index in [-0.39, 0.29) is 5.56 Å². The molecule has 0 spiro atoms. The molecule has 1 aromatic heterocycles. The average molecular weight is 245 g/mol. The molecule has 0 saturated heterocycles. The van der Waals surface area contributed by atoms with Crippen molar-refractivity contribution in [3.63, 3.8) is 0 Å². The van der Waals surface area contributed by atoms with Gasteiger partial charge < -0.3 is 4.90 Å². The molecule has 1 aromatic carbocycles. The number of H-pyrrole nitrogens is 1. The summed E-state index contributed by atoms with van der Waals surface area (Å²) in [5.74, 6) is 0.520. The summed E-state index contributed by atoms with van der Waals surface area (Å²) in [7, 11) is 3.28. The van der Waals surface area contributed by atoms with Gasteiger partial charge in [0.15, 0.2) is 0 Å². The molecule has 0 fully saturated rings. The number of benzene rings is 1. The summed E-state index contributed by atoms with van der Waals surface area (Å²) < 4.78 is 1.04. The van der Waals surface area contributed by atoms with Crippen molar-refractivity contribution in [1.29, 1.82) is 0 Å². The summed E-state index contributed by atoms with van der Waals surface area (Å²) in [4.78, 5) is 27.5. The van der Waals surface area contributed by atoms with Crippen molar-refractivity contribution < 1.29 is 0 Å². The van der Waals surface area contributed by atoms with Crippen molar-refractivity contribution >= 4 is 5.82 Å². The van der Waals surface area contributed by atoms with E-state index in [1.165, 1.54) is 13.1 Å². The second-order valence-corrected chi connectivity index (χ2v) is 4.20. The molecule has 2 rings (SSSR count). The third-order valence-corrected chi connectivity index (χ3v) is 2.80. The number of anilines is 1. The minimum Gasteiger partial charge on any atom is -0.357 e. The van der Waals surface area contributed by atoms with Crippen LogP contribution in [0.4, 0.5) is 5.82 Å². The number of hydrogen-bond acceptors (Lipinski definition) is 3. The third kappa shape index (κ3) is 2.51. The fourth-order valence-corrected chi connectivity index (χ4v) is 1.69. The standard InChI is InChI=1S/C13H15N3O2/c1-15(9-10-6-4-3-5-7-10)11-8-12(17)16(2)13(18)14-11/h3-8H,9H2,1-2H3,(H,14,18). The normalized spacial score (nSPS) is 10.3. The zero-order valence-electron chi connectivity index (χ0n) is 10.4. The van der Waals surface area contributed by atoms with Crippen LogP contribution in [0.5, 0.6) is 0 Å². The molecule has 0 atom stereocenters. The molecule has 2 aromatic rings. The minimum atomic E-state index is -0.405. The number of rotatable bonds is 3. The summed E-state index contributed by atoms with van der Waals surface area (Å²) in [6.07, 6.45) is 0. The van der Waals surface area contributed by atoms with Gasteiger partial charge in [0.2, 0.25) is 0 Å². The molecule has 0 aliphatic carbocycles. The van der Waals surface area contributed by atoms with Crippen molar-refractivity contribution in [1.82, 2.24) is 9.55 Å². The summed E-state index contributed by atoms with van der Waals surface area (Å²) >= 11 is 0. The van der Waals surface area contributed by atoms with E-state index >= 15 is 0 Å². The molecule has 1 N–H and O–H groups in total. The molecule has 0 aliphatic rings. The van der Waals surface area contributed by atoms with Crippen LogP contribution in [0.25, 0.3) is 0 Å². The first kappa shape index (κ1) is 12.2. The lowest BCUT2D eigenvalue weighted by Gasteiger charge is -2.18. The van der Waals surface area contributed by atoms with Gasteiger partial charge in [-0.05, 0) is 5.56 Å². The first-order valence-electron chi connectivity index (χ1n) is 5.63. The fraction of sp³-hybridized carbons (Fsp3) is 0.231. The number of nitrogens with zero attached hydrogens (tertiary/aromatic N) is 2. The van der Waals surface area contributed by atoms with Gasteiger partial charge in [-0.2, -0.15) is 0 Å². The van der Waals surface area contributed by atoms with Gasteiger partial charge in [0, 0.05) is 26.7 Å². The molecule has 0 aliphatic heterocycles. The number of hydrogen-bond donors (Lipinski definition) is 1. The predicted molar refractivity (Wildman–Crippen MR) is 70.9 cm³/mol. The van der Waals surface area contributed by atoms with Crippen molar-refractivity contribution in [3.8, 4) is 0 Å². The van der Waals surface area contributed by atoms with Crippen LogP contribution in [0.2, 0.25) is 0 Å². The highest BCUT2D eigenvalue weighted by Crippen LogP contribution is 2.08. The fourth-order valence-electron chi connectivity index (χ4n) is 1.69. The summed E-state index contributed by atoms with van der Waals surface area (Å²) in [5, 5.41) is 0. The van der Waals surface area contributed by atoms with E-state index in [0.29, 0.717) is 12.4 Å². The second-order valence-electron chi connectivity index (χ2n) is 4.20. The Morgan fingerprint density at radius 2 is 1.89 bits per heavy atom. The van der Waals surface area contributed by atoms with E-state index in [2.05, 4.69) is 4.98 Å². The second kappa shape index (κ2) is 4.91. The Labute approximate surface area is 104 Å². The Hall–Kier alpha value is -2.30. The monoisotopic (exact) mass is 245 g/mol. The van der Waals surface area contributed by atoms with Crippen molar-refractivity contribution in [3.05, 3.63) is 62.8 Å². The highest BCUT2D eigenvalue weighted by molar-refractivity contribution is 5.36.